The first-order chi connectivity index (χ1) is 21.6. The Balaban J connectivity index is 1.41. The Morgan fingerprint density at radius 1 is 1.11 bits per heavy atom. The zero-order chi connectivity index (χ0) is 32.5. The van der Waals surface area contributed by atoms with Crippen molar-refractivity contribution in [1.82, 2.24) is 16.1 Å². The molecule has 3 amide bonds. The molecule has 3 aromatic rings. The number of ether oxygens (including phenoxy) is 4. The number of methoxy groups -OCH3 is 1. The van der Waals surface area contributed by atoms with Gasteiger partial charge >= 0.3 is 12.0 Å². The van der Waals surface area contributed by atoms with Crippen LogP contribution in [0.5, 0.6) is 17.2 Å². The number of benzene rings is 3. The summed E-state index contributed by atoms with van der Waals surface area (Å²) in [4.78, 5) is 37.4. The van der Waals surface area contributed by atoms with Gasteiger partial charge in [0, 0.05) is 20.8 Å². The Labute approximate surface area is 286 Å². The highest BCUT2D eigenvalue weighted by Crippen LogP contribution is 2.35. The molecule has 0 bridgehead atoms. The fourth-order valence-corrected chi connectivity index (χ4v) is 6.15. The van der Waals surface area contributed by atoms with E-state index in [0.717, 1.165) is 13.6 Å². The van der Waals surface area contributed by atoms with Gasteiger partial charge in [-0.05, 0) is 84.0 Å². The van der Waals surface area contributed by atoms with Crippen LogP contribution in [0.25, 0.3) is 0 Å². The number of carbonyl (C=O) groups is 3. The molecule has 11 nitrogen and oxygen atoms in total. The minimum Gasteiger partial charge on any atom is -0.493 e. The summed E-state index contributed by atoms with van der Waals surface area (Å²) in [5.41, 5.74) is 5.26. The number of urea groups is 1. The predicted octanol–water partition coefficient (Wildman–Crippen LogP) is 6.01. The third-order valence-corrected chi connectivity index (χ3v) is 7.88. The number of hydrogen-bond acceptors (Lipinski definition) is 8. The molecule has 3 N–H and O–H groups in total. The van der Waals surface area contributed by atoms with Crippen LogP contribution in [0.1, 0.15) is 36.6 Å². The number of esters is 1. The fourth-order valence-electron chi connectivity index (χ4n) is 4.32. The molecule has 3 aromatic carbocycles. The highest BCUT2D eigenvalue weighted by Gasteiger charge is 2.32. The van der Waals surface area contributed by atoms with Crippen molar-refractivity contribution in [3.8, 4) is 17.2 Å². The lowest BCUT2D eigenvalue weighted by Gasteiger charge is -2.28. The summed E-state index contributed by atoms with van der Waals surface area (Å²) in [5, 5.41) is 10.1. The summed E-state index contributed by atoms with van der Waals surface area (Å²) in [6.07, 6.45) is 1.49. The third-order valence-electron chi connectivity index (χ3n) is 6.37. The van der Waals surface area contributed by atoms with Gasteiger partial charge in [0.25, 0.3) is 5.91 Å². The molecule has 236 valence electrons. The molecule has 0 unspecified atom stereocenters. The Hall–Kier alpha value is -3.82. The number of hydrogen-bond donors (Lipinski definition) is 3. The number of halogens is 3. The molecule has 0 aromatic heterocycles. The number of nitrogens with zero attached hydrogens (tertiary/aromatic N) is 1. The van der Waals surface area contributed by atoms with E-state index < -0.39 is 23.9 Å². The summed E-state index contributed by atoms with van der Waals surface area (Å²) < 4.78 is 24.1. The van der Waals surface area contributed by atoms with Gasteiger partial charge in [-0.3, -0.25) is 4.79 Å². The van der Waals surface area contributed by atoms with Gasteiger partial charge in [-0.25, -0.2) is 15.0 Å². The van der Waals surface area contributed by atoms with E-state index in [9.17, 15) is 14.4 Å². The summed E-state index contributed by atoms with van der Waals surface area (Å²) in [6.45, 7) is 3.46. The van der Waals surface area contributed by atoms with Gasteiger partial charge in [0.1, 0.15) is 12.4 Å². The predicted molar refractivity (Wildman–Crippen MR) is 181 cm³/mol. The van der Waals surface area contributed by atoms with Crippen LogP contribution in [0, 0.1) is 3.57 Å². The SMILES string of the molecule is CCOC(=O)C1=C(C)NC(=O)N[C@H]1c1ccc(OCC(=O)N/N=C/c2cc(Br)cc(I)c2OCc2ccc(Cl)cc2)c(OC)c1. The van der Waals surface area contributed by atoms with Gasteiger partial charge in [-0.15, -0.1) is 0 Å². The summed E-state index contributed by atoms with van der Waals surface area (Å²) in [5.74, 6) is 0.109. The van der Waals surface area contributed by atoms with Gasteiger partial charge in [-0.1, -0.05) is 45.7 Å². The number of hydrazone groups is 1. The largest absolute Gasteiger partial charge is 0.493 e. The molecule has 1 aliphatic rings. The molecular formula is C31H29BrClIN4O7. The normalized spacial score (nSPS) is 14.4. The second-order valence-corrected chi connectivity index (χ2v) is 12.0. The average Bonchev–Trinajstić information content (AvgIpc) is 3.00. The molecule has 1 heterocycles. The number of nitrogens with one attached hydrogen (secondary N) is 3. The minimum atomic E-state index is -0.778. The van der Waals surface area contributed by atoms with Crippen LogP contribution < -0.4 is 30.3 Å². The second-order valence-electron chi connectivity index (χ2n) is 9.50. The Morgan fingerprint density at radius 2 is 1.87 bits per heavy atom. The molecule has 4 rings (SSSR count). The molecule has 14 heteroatoms. The van der Waals surface area contributed by atoms with Crippen molar-refractivity contribution in [2.75, 3.05) is 20.3 Å². The van der Waals surface area contributed by atoms with E-state index in [1.807, 2.05) is 24.3 Å². The smallest absolute Gasteiger partial charge is 0.338 e. The van der Waals surface area contributed by atoms with Gasteiger partial charge in [0.05, 0.1) is 35.1 Å². The van der Waals surface area contributed by atoms with Crippen molar-refractivity contribution in [3.05, 3.63) is 95.6 Å². The highest BCUT2D eigenvalue weighted by atomic mass is 127. The molecular weight excluding hydrogens is 783 g/mol. The van der Waals surface area contributed by atoms with Crippen LogP contribution in [-0.4, -0.2) is 44.4 Å². The summed E-state index contributed by atoms with van der Waals surface area (Å²) >= 11 is 11.6. The molecule has 0 spiro atoms. The van der Waals surface area contributed by atoms with Crippen molar-refractivity contribution in [1.29, 1.82) is 0 Å². The van der Waals surface area contributed by atoms with Crippen molar-refractivity contribution >= 4 is 74.2 Å². The molecule has 1 aliphatic heterocycles. The number of rotatable bonds is 12. The van der Waals surface area contributed by atoms with Gasteiger partial charge in [-0.2, -0.15) is 5.10 Å². The van der Waals surface area contributed by atoms with Crippen molar-refractivity contribution in [2.45, 2.75) is 26.5 Å². The van der Waals surface area contributed by atoms with Crippen LogP contribution in [-0.2, 0) is 20.9 Å². The Bertz CT molecular complexity index is 1650. The molecule has 0 aliphatic carbocycles. The van der Waals surface area contributed by atoms with Crippen LogP contribution in [0.4, 0.5) is 4.79 Å². The summed E-state index contributed by atoms with van der Waals surface area (Å²) in [6, 6.07) is 14.7. The van der Waals surface area contributed by atoms with Crippen LogP contribution in [0.3, 0.4) is 0 Å². The maximum atomic E-state index is 12.6. The highest BCUT2D eigenvalue weighted by molar-refractivity contribution is 14.1. The van der Waals surface area contributed by atoms with Crippen molar-refractivity contribution in [3.63, 3.8) is 0 Å². The zero-order valence-electron chi connectivity index (χ0n) is 24.4. The van der Waals surface area contributed by atoms with Gasteiger partial charge in [0.15, 0.2) is 18.1 Å². The lowest BCUT2D eigenvalue weighted by Crippen LogP contribution is -2.45. The third kappa shape index (κ3) is 9.11. The second kappa shape index (κ2) is 16.0. The van der Waals surface area contributed by atoms with E-state index in [1.165, 1.54) is 13.3 Å². The van der Waals surface area contributed by atoms with E-state index >= 15 is 0 Å². The molecule has 0 saturated heterocycles. The fraction of sp³-hybridized carbons (Fsp3) is 0.226. The van der Waals surface area contributed by atoms with Crippen LogP contribution >= 0.6 is 50.1 Å². The molecule has 45 heavy (non-hydrogen) atoms. The zero-order valence-corrected chi connectivity index (χ0v) is 28.9. The van der Waals surface area contributed by atoms with E-state index in [4.69, 9.17) is 30.5 Å². The van der Waals surface area contributed by atoms with E-state index in [1.54, 1.807) is 44.2 Å². The van der Waals surface area contributed by atoms with Crippen molar-refractivity contribution < 1.29 is 33.3 Å². The topological polar surface area (TPSA) is 137 Å². The molecule has 0 radical (unpaired) electrons. The average molecular weight is 812 g/mol. The lowest BCUT2D eigenvalue weighted by atomic mass is 9.95. The first kappa shape index (κ1) is 34.1. The molecule has 1 atom stereocenters. The van der Waals surface area contributed by atoms with Crippen molar-refractivity contribution in [2.24, 2.45) is 5.10 Å². The number of amides is 3. The van der Waals surface area contributed by atoms with Gasteiger partial charge < -0.3 is 29.6 Å². The maximum Gasteiger partial charge on any atom is 0.338 e. The minimum absolute atomic E-state index is 0.181. The quantitative estimate of drug-likeness (QED) is 0.0882. The number of carbonyl (C=O) groups excluding carboxylic acids is 3. The maximum absolute atomic E-state index is 12.6. The molecule has 0 saturated carbocycles. The van der Waals surface area contributed by atoms with E-state index in [0.29, 0.717) is 40.0 Å². The van der Waals surface area contributed by atoms with E-state index in [2.05, 4.69) is 59.7 Å². The molecule has 0 fully saturated rings. The Kier molecular flexibility index (Phi) is 12.1. The van der Waals surface area contributed by atoms with Crippen LogP contribution in [0.2, 0.25) is 5.02 Å². The van der Waals surface area contributed by atoms with Gasteiger partial charge in [0.2, 0.25) is 0 Å². The number of allylic oxidation sites excluding steroid dienone is 1. The monoisotopic (exact) mass is 810 g/mol. The standard InChI is InChI=1S/C31H29BrClIN4O7/c1-4-43-30(40)27-17(2)36-31(41)37-28(27)19-7-10-24(25(12-19)42-3)44-16-26(39)38-35-14-20-11-21(32)13-23(34)29(20)45-15-18-5-8-22(33)9-6-18/h5-14,28H,4,15-16H2,1-3H3,(H,38,39)(H2,36,37,41)/b35-14+/t28-/m0/s1. The lowest BCUT2D eigenvalue weighted by molar-refractivity contribution is -0.139. The Morgan fingerprint density at radius 3 is 2.58 bits per heavy atom. The summed E-state index contributed by atoms with van der Waals surface area (Å²) in [7, 11) is 1.44. The first-order valence-corrected chi connectivity index (χ1v) is 15.8. The van der Waals surface area contributed by atoms with E-state index in [-0.39, 0.29) is 24.5 Å². The van der Waals surface area contributed by atoms with Crippen LogP contribution in [0.15, 0.2) is 75.4 Å². The first-order valence-electron chi connectivity index (χ1n) is 13.5.